The summed E-state index contributed by atoms with van der Waals surface area (Å²) in [6.07, 6.45) is 0. The maximum absolute atomic E-state index is 10.2. The normalized spacial score (nSPS) is 7.33. The molecule has 0 atom stereocenters. The Morgan fingerprint density at radius 3 is 2.00 bits per heavy atom. The molecule has 0 saturated heterocycles. The molecule has 0 N–H and O–H groups in total. The third-order valence-electron chi connectivity index (χ3n) is 0.563. The van der Waals surface area contributed by atoms with E-state index in [0.29, 0.717) is 0 Å². The molecule has 0 heterocycles. The Bertz CT molecular complexity index is 111. The van der Waals surface area contributed by atoms with Gasteiger partial charge in [0, 0.05) is 6.92 Å². The van der Waals surface area contributed by atoms with Crippen LogP contribution in [0.25, 0.3) is 0 Å². The van der Waals surface area contributed by atoms with Gasteiger partial charge in [0.1, 0.15) is 0 Å². The van der Waals surface area contributed by atoms with Crippen LogP contribution in [0.2, 0.25) is 0 Å². The van der Waals surface area contributed by atoms with Gasteiger partial charge in [0.25, 0.3) is 0 Å². The van der Waals surface area contributed by atoms with E-state index in [1.165, 1.54) is 6.92 Å². The second-order valence-electron chi connectivity index (χ2n) is 1.28. The number of hydrogen-bond donors (Lipinski definition) is 0. The van der Waals surface area contributed by atoms with Crippen molar-refractivity contribution in [1.29, 1.82) is 0 Å². The number of ether oxygens (including phenoxy) is 1. The Balaban J connectivity index is 0. The van der Waals surface area contributed by atoms with Crippen LogP contribution in [-0.2, 0) is 31.1 Å². The van der Waals surface area contributed by atoms with E-state index in [4.69, 9.17) is 0 Å². The van der Waals surface area contributed by atoms with Gasteiger partial charge in [-0.05, 0) is 6.92 Å². The van der Waals surface area contributed by atoms with Gasteiger partial charge in [-0.2, -0.15) is 0 Å². The van der Waals surface area contributed by atoms with Crippen LogP contribution < -0.4 is 0 Å². The van der Waals surface area contributed by atoms with Crippen molar-refractivity contribution < 1.29 is 31.1 Å². The fourth-order valence-electron chi connectivity index (χ4n) is 0.233. The molecule has 0 amide bonds. The molecular weight excluding hydrogens is 167 g/mol. The van der Waals surface area contributed by atoms with E-state index >= 15 is 0 Å². The van der Waals surface area contributed by atoms with Gasteiger partial charge >= 0.3 is 22.7 Å². The van der Waals surface area contributed by atoms with Gasteiger partial charge in [0.05, 0.1) is 6.61 Å². The van der Waals surface area contributed by atoms with Crippen LogP contribution in [0.1, 0.15) is 13.8 Å². The van der Waals surface area contributed by atoms with E-state index in [1.807, 2.05) is 0 Å². The number of carbonyl (C=O) groups is 2. The summed E-state index contributed by atoms with van der Waals surface area (Å²) in [5.74, 6) is -1.31. The van der Waals surface area contributed by atoms with Gasteiger partial charge in [-0.1, -0.05) is 0 Å². The fourth-order valence-corrected chi connectivity index (χ4v) is 0.233. The molecule has 1 radical (unpaired) electrons. The van der Waals surface area contributed by atoms with Crippen molar-refractivity contribution in [1.82, 2.24) is 0 Å². The third-order valence-corrected chi connectivity index (χ3v) is 0.563. The summed E-state index contributed by atoms with van der Waals surface area (Å²) in [7, 11) is 0. The molecule has 0 aliphatic heterocycles. The molecule has 0 saturated carbocycles. The zero-order valence-electron chi connectivity index (χ0n) is 5.27. The maximum Gasteiger partial charge on any atom is 2.00 e. The van der Waals surface area contributed by atoms with E-state index in [2.05, 4.69) is 4.74 Å². The Labute approximate surface area is 64.0 Å². The molecule has 9 heavy (non-hydrogen) atoms. The first kappa shape index (κ1) is 11.4. The summed E-state index contributed by atoms with van der Waals surface area (Å²) in [5, 5.41) is 0. The predicted molar refractivity (Wildman–Crippen MR) is 27.3 cm³/mol. The Kier molecular flexibility index (Phi) is 7.35. The largest absolute Gasteiger partial charge is 2.00 e. The molecule has 4 heteroatoms. The van der Waals surface area contributed by atoms with Crippen molar-refractivity contribution in [3.8, 4) is 0 Å². The molecule has 0 aliphatic carbocycles. The summed E-state index contributed by atoms with van der Waals surface area (Å²) >= 11 is 0. The van der Waals surface area contributed by atoms with E-state index in [9.17, 15) is 9.59 Å². The first-order valence-electron chi connectivity index (χ1n) is 2.36. The number of hydrogen-bond acceptors (Lipinski definition) is 3. The molecule has 0 aromatic carbocycles. The van der Waals surface area contributed by atoms with E-state index in [1.54, 1.807) is 6.92 Å². The van der Waals surface area contributed by atoms with E-state index < -0.39 is 11.8 Å². The molecular formula is C5H8CoO3+2. The van der Waals surface area contributed by atoms with Crippen molar-refractivity contribution >= 4 is 11.8 Å². The number of carbonyl (C=O) groups excluding carboxylic acids is 2. The van der Waals surface area contributed by atoms with Gasteiger partial charge < -0.3 is 4.74 Å². The van der Waals surface area contributed by atoms with Crippen LogP contribution in [0.4, 0.5) is 0 Å². The molecule has 0 rings (SSSR count). The molecule has 0 aromatic rings. The molecule has 0 spiro atoms. The van der Waals surface area contributed by atoms with Crippen molar-refractivity contribution in [2.75, 3.05) is 6.61 Å². The molecule has 0 bridgehead atoms. The molecule has 0 aliphatic rings. The first-order chi connectivity index (χ1) is 3.68. The minimum absolute atomic E-state index is 0. The van der Waals surface area contributed by atoms with Crippen LogP contribution in [0, 0.1) is 0 Å². The Morgan fingerprint density at radius 2 is 1.89 bits per heavy atom. The summed E-state index contributed by atoms with van der Waals surface area (Å²) < 4.78 is 4.31. The predicted octanol–water partition coefficient (Wildman–Crippen LogP) is 0.136. The van der Waals surface area contributed by atoms with Gasteiger partial charge in [-0.15, -0.1) is 0 Å². The average Bonchev–Trinajstić information content (AvgIpc) is 1.67. The zero-order valence-corrected chi connectivity index (χ0v) is 6.31. The quantitative estimate of drug-likeness (QED) is 0.442. The number of esters is 1. The minimum atomic E-state index is -0.757. The maximum atomic E-state index is 10.2. The molecule has 0 fully saturated rings. The van der Waals surface area contributed by atoms with Crippen molar-refractivity contribution in [2.24, 2.45) is 0 Å². The molecule has 53 valence electrons. The summed E-state index contributed by atoms with van der Waals surface area (Å²) in [6, 6.07) is 0. The van der Waals surface area contributed by atoms with Gasteiger partial charge in [0.2, 0.25) is 5.78 Å². The minimum Gasteiger partial charge on any atom is -0.460 e. The van der Waals surface area contributed by atoms with Crippen molar-refractivity contribution in [2.45, 2.75) is 13.8 Å². The van der Waals surface area contributed by atoms with E-state index in [0.717, 1.165) is 0 Å². The average molecular weight is 175 g/mol. The fraction of sp³-hybridized carbons (Fsp3) is 0.600. The second-order valence-corrected chi connectivity index (χ2v) is 1.28. The second kappa shape index (κ2) is 5.78. The van der Waals surface area contributed by atoms with Crippen molar-refractivity contribution in [3.05, 3.63) is 0 Å². The SMILES string of the molecule is CCOC(=O)C(C)=O.[Co+2]. The van der Waals surface area contributed by atoms with Crippen LogP contribution in [0.5, 0.6) is 0 Å². The van der Waals surface area contributed by atoms with Crippen molar-refractivity contribution in [3.63, 3.8) is 0 Å². The van der Waals surface area contributed by atoms with E-state index in [-0.39, 0.29) is 23.4 Å². The topological polar surface area (TPSA) is 43.4 Å². The first-order valence-corrected chi connectivity index (χ1v) is 2.36. The summed E-state index contributed by atoms with van der Waals surface area (Å²) in [6.45, 7) is 3.09. The number of ketones is 1. The third kappa shape index (κ3) is 5.52. The summed E-state index contributed by atoms with van der Waals surface area (Å²) in [4.78, 5) is 20.2. The standard InChI is InChI=1S/C5H8O3.Co/c1-3-8-5(7)4(2)6;/h3H2,1-2H3;/q;+2. The Morgan fingerprint density at radius 1 is 1.44 bits per heavy atom. The Hall–Kier alpha value is -0.354. The van der Waals surface area contributed by atoms with Gasteiger partial charge in [-0.3, -0.25) is 4.79 Å². The van der Waals surface area contributed by atoms with Crippen LogP contribution in [0.3, 0.4) is 0 Å². The van der Waals surface area contributed by atoms with Gasteiger partial charge in [-0.25, -0.2) is 4.79 Å². The number of Topliss-reactive ketones (excluding diaryl/α,β-unsaturated/α-hetero) is 1. The van der Waals surface area contributed by atoms with Crippen LogP contribution in [0.15, 0.2) is 0 Å². The summed E-state index contributed by atoms with van der Waals surface area (Å²) in [5.41, 5.74) is 0. The molecule has 3 nitrogen and oxygen atoms in total. The zero-order chi connectivity index (χ0) is 6.57. The smallest absolute Gasteiger partial charge is 0.460 e. The molecule has 0 unspecified atom stereocenters. The van der Waals surface area contributed by atoms with Crippen LogP contribution in [-0.4, -0.2) is 18.4 Å². The van der Waals surface area contributed by atoms with Crippen LogP contribution >= 0.6 is 0 Å². The number of rotatable bonds is 2. The monoisotopic (exact) mass is 175 g/mol. The van der Waals surface area contributed by atoms with Gasteiger partial charge in [0.15, 0.2) is 0 Å². The molecule has 0 aromatic heterocycles.